The standard InChI is InChI=1S/C18H19N3O5S/c1-12-8-9-15(25-3)16(10-12)27(22,23)19-11-17-20-21-18(26-17)13-6-4-5-7-14(13)24-2/h4-10,19H,11H2,1-3H3. The predicted octanol–water partition coefficient (Wildman–Crippen LogP) is 2.54. The van der Waals surface area contributed by atoms with Gasteiger partial charge >= 0.3 is 0 Å². The summed E-state index contributed by atoms with van der Waals surface area (Å²) in [7, 11) is -0.860. The molecule has 0 spiro atoms. The number of rotatable bonds is 7. The first-order valence-electron chi connectivity index (χ1n) is 8.04. The molecule has 0 saturated heterocycles. The van der Waals surface area contributed by atoms with E-state index in [9.17, 15) is 8.42 Å². The van der Waals surface area contributed by atoms with Gasteiger partial charge in [-0.1, -0.05) is 18.2 Å². The fourth-order valence-electron chi connectivity index (χ4n) is 2.48. The molecule has 1 heterocycles. The molecule has 9 heteroatoms. The van der Waals surface area contributed by atoms with Gasteiger partial charge in [-0.25, -0.2) is 13.1 Å². The summed E-state index contributed by atoms with van der Waals surface area (Å²) in [5.74, 6) is 1.21. The topological polar surface area (TPSA) is 104 Å². The maximum absolute atomic E-state index is 12.6. The zero-order chi connectivity index (χ0) is 19.4. The Hall–Kier alpha value is -2.91. The summed E-state index contributed by atoms with van der Waals surface area (Å²) in [5.41, 5.74) is 1.43. The van der Waals surface area contributed by atoms with Gasteiger partial charge in [0.2, 0.25) is 15.9 Å². The van der Waals surface area contributed by atoms with Crippen molar-refractivity contribution in [1.29, 1.82) is 0 Å². The third kappa shape index (κ3) is 4.09. The molecule has 0 radical (unpaired) electrons. The summed E-state index contributed by atoms with van der Waals surface area (Å²) in [6.45, 7) is 1.65. The highest BCUT2D eigenvalue weighted by Gasteiger charge is 2.21. The van der Waals surface area contributed by atoms with Crippen LogP contribution in [0.25, 0.3) is 11.5 Å². The Labute approximate surface area is 157 Å². The normalized spacial score (nSPS) is 11.4. The Morgan fingerprint density at radius 1 is 1.04 bits per heavy atom. The number of para-hydroxylation sites is 1. The molecule has 3 aromatic rings. The van der Waals surface area contributed by atoms with Crippen LogP contribution >= 0.6 is 0 Å². The Morgan fingerprint density at radius 2 is 1.78 bits per heavy atom. The van der Waals surface area contributed by atoms with Crippen LogP contribution in [-0.2, 0) is 16.6 Å². The predicted molar refractivity (Wildman–Crippen MR) is 98.0 cm³/mol. The van der Waals surface area contributed by atoms with Gasteiger partial charge in [-0.05, 0) is 36.8 Å². The molecule has 3 rings (SSSR count). The Bertz CT molecular complexity index is 1050. The van der Waals surface area contributed by atoms with E-state index in [0.717, 1.165) is 5.56 Å². The monoisotopic (exact) mass is 389 g/mol. The fraction of sp³-hybridized carbons (Fsp3) is 0.222. The van der Waals surface area contributed by atoms with Crippen LogP contribution in [0.4, 0.5) is 0 Å². The Balaban J connectivity index is 1.80. The first kappa shape index (κ1) is 18.9. The average molecular weight is 389 g/mol. The van der Waals surface area contributed by atoms with Gasteiger partial charge in [0.05, 0.1) is 26.3 Å². The average Bonchev–Trinajstić information content (AvgIpc) is 3.15. The molecule has 142 valence electrons. The van der Waals surface area contributed by atoms with Crippen molar-refractivity contribution in [3.05, 3.63) is 53.9 Å². The smallest absolute Gasteiger partial charge is 0.251 e. The fourth-order valence-corrected chi connectivity index (χ4v) is 3.71. The number of nitrogens with one attached hydrogen (secondary N) is 1. The first-order valence-corrected chi connectivity index (χ1v) is 9.53. The molecule has 0 saturated carbocycles. The van der Waals surface area contributed by atoms with Crippen molar-refractivity contribution in [1.82, 2.24) is 14.9 Å². The number of sulfonamides is 1. The van der Waals surface area contributed by atoms with Crippen LogP contribution in [0, 0.1) is 6.92 Å². The molecular weight excluding hydrogens is 370 g/mol. The largest absolute Gasteiger partial charge is 0.496 e. The van der Waals surface area contributed by atoms with Gasteiger partial charge in [-0.2, -0.15) is 0 Å². The highest BCUT2D eigenvalue weighted by molar-refractivity contribution is 7.89. The van der Waals surface area contributed by atoms with E-state index in [4.69, 9.17) is 13.9 Å². The lowest BCUT2D eigenvalue weighted by atomic mass is 10.2. The molecule has 0 aliphatic carbocycles. The lowest BCUT2D eigenvalue weighted by Crippen LogP contribution is -2.24. The molecule has 0 atom stereocenters. The van der Waals surface area contributed by atoms with Gasteiger partial charge in [0.25, 0.3) is 5.89 Å². The van der Waals surface area contributed by atoms with Crippen LogP contribution in [-0.4, -0.2) is 32.8 Å². The van der Waals surface area contributed by atoms with Crippen molar-refractivity contribution >= 4 is 10.0 Å². The second-order valence-electron chi connectivity index (χ2n) is 5.68. The van der Waals surface area contributed by atoms with E-state index in [2.05, 4.69) is 14.9 Å². The lowest BCUT2D eigenvalue weighted by molar-refractivity contribution is 0.402. The van der Waals surface area contributed by atoms with Crippen molar-refractivity contribution in [2.45, 2.75) is 18.4 Å². The van der Waals surface area contributed by atoms with Crippen LogP contribution in [0.3, 0.4) is 0 Å². The third-order valence-corrected chi connectivity index (χ3v) is 5.25. The second-order valence-corrected chi connectivity index (χ2v) is 7.42. The maximum Gasteiger partial charge on any atom is 0.251 e. The summed E-state index contributed by atoms with van der Waals surface area (Å²) >= 11 is 0. The van der Waals surface area contributed by atoms with Crippen LogP contribution in [0.15, 0.2) is 51.8 Å². The minimum Gasteiger partial charge on any atom is -0.496 e. The first-order chi connectivity index (χ1) is 12.9. The number of benzene rings is 2. The molecule has 27 heavy (non-hydrogen) atoms. The molecule has 0 fully saturated rings. The van der Waals surface area contributed by atoms with Gasteiger partial charge in [0.15, 0.2) is 0 Å². The van der Waals surface area contributed by atoms with E-state index in [1.807, 2.05) is 12.1 Å². The molecular formula is C18H19N3O5S. The number of aryl methyl sites for hydroxylation is 1. The van der Waals surface area contributed by atoms with Crippen LogP contribution < -0.4 is 14.2 Å². The van der Waals surface area contributed by atoms with E-state index in [0.29, 0.717) is 11.3 Å². The number of ether oxygens (including phenoxy) is 2. The van der Waals surface area contributed by atoms with Gasteiger partial charge < -0.3 is 13.9 Å². The van der Waals surface area contributed by atoms with Gasteiger partial charge in [-0.15, -0.1) is 10.2 Å². The van der Waals surface area contributed by atoms with Crippen LogP contribution in [0.2, 0.25) is 0 Å². The van der Waals surface area contributed by atoms with Crippen molar-refractivity contribution in [3.8, 4) is 23.0 Å². The van der Waals surface area contributed by atoms with E-state index in [1.165, 1.54) is 13.2 Å². The summed E-state index contributed by atoms with van der Waals surface area (Å²) in [5, 5.41) is 7.85. The molecule has 8 nitrogen and oxygen atoms in total. The Morgan fingerprint density at radius 3 is 2.52 bits per heavy atom. The molecule has 0 unspecified atom stereocenters. The van der Waals surface area contributed by atoms with E-state index < -0.39 is 10.0 Å². The number of aromatic nitrogens is 2. The highest BCUT2D eigenvalue weighted by Crippen LogP contribution is 2.28. The lowest BCUT2D eigenvalue weighted by Gasteiger charge is -2.10. The second kappa shape index (κ2) is 7.77. The quantitative estimate of drug-likeness (QED) is 0.662. The molecule has 1 N–H and O–H groups in total. The number of nitrogens with zero attached hydrogens (tertiary/aromatic N) is 2. The van der Waals surface area contributed by atoms with Gasteiger partial charge in [0.1, 0.15) is 16.4 Å². The van der Waals surface area contributed by atoms with E-state index in [1.54, 1.807) is 38.3 Å². The molecule has 1 aromatic heterocycles. The van der Waals surface area contributed by atoms with Gasteiger partial charge in [0, 0.05) is 0 Å². The van der Waals surface area contributed by atoms with Crippen LogP contribution in [0.1, 0.15) is 11.5 Å². The molecule has 0 bridgehead atoms. The molecule has 0 aliphatic rings. The zero-order valence-electron chi connectivity index (χ0n) is 15.1. The SMILES string of the molecule is COc1ccccc1-c1nnc(CNS(=O)(=O)c2cc(C)ccc2OC)o1. The maximum atomic E-state index is 12.6. The summed E-state index contributed by atoms with van der Waals surface area (Å²) in [4.78, 5) is 0.0504. The number of hydrogen-bond acceptors (Lipinski definition) is 7. The molecule has 0 aliphatic heterocycles. The summed E-state index contributed by atoms with van der Waals surface area (Å²) in [6, 6.07) is 12.1. The van der Waals surface area contributed by atoms with Crippen molar-refractivity contribution < 1.29 is 22.3 Å². The number of methoxy groups -OCH3 is 2. The van der Waals surface area contributed by atoms with Crippen molar-refractivity contribution in [3.63, 3.8) is 0 Å². The van der Waals surface area contributed by atoms with E-state index >= 15 is 0 Å². The van der Waals surface area contributed by atoms with Crippen molar-refractivity contribution in [2.24, 2.45) is 0 Å². The molecule has 0 amide bonds. The molecule has 2 aromatic carbocycles. The zero-order valence-corrected chi connectivity index (χ0v) is 15.9. The number of hydrogen-bond donors (Lipinski definition) is 1. The Kier molecular flexibility index (Phi) is 5.43. The minimum atomic E-state index is -3.82. The van der Waals surface area contributed by atoms with Crippen LogP contribution in [0.5, 0.6) is 11.5 Å². The highest BCUT2D eigenvalue weighted by atomic mass is 32.2. The van der Waals surface area contributed by atoms with E-state index in [-0.39, 0.29) is 29.0 Å². The third-order valence-electron chi connectivity index (χ3n) is 3.83. The summed E-state index contributed by atoms with van der Waals surface area (Å²) in [6.07, 6.45) is 0. The van der Waals surface area contributed by atoms with Crippen molar-refractivity contribution in [2.75, 3.05) is 14.2 Å². The van der Waals surface area contributed by atoms with Gasteiger partial charge in [-0.3, -0.25) is 0 Å². The minimum absolute atomic E-state index is 0.0504. The summed E-state index contributed by atoms with van der Waals surface area (Å²) < 4.78 is 43.6.